The lowest BCUT2D eigenvalue weighted by Gasteiger charge is -2.12. The first-order valence-electron chi connectivity index (χ1n) is 9.43. The fraction of sp³-hybridized carbons (Fsp3) is 0.526. The van der Waals surface area contributed by atoms with Gasteiger partial charge in [-0.2, -0.15) is 0 Å². The number of halogens is 1. The Morgan fingerprint density at radius 2 is 1.89 bits per heavy atom. The Morgan fingerprint density at radius 1 is 1.11 bits per heavy atom. The number of nitrogens with one attached hydrogen (secondary N) is 4. The molecule has 0 aromatic heterocycles. The van der Waals surface area contributed by atoms with E-state index in [0.29, 0.717) is 31.7 Å². The van der Waals surface area contributed by atoms with Crippen LogP contribution in [0.2, 0.25) is 0 Å². The highest BCUT2D eigenvalue weighted by Crippen LogP contribution is 2.28. The molecule has 2 amide bonds. The molecule has 1 aromatic rings. The topological polar surface area (TPSA) is 94.6 Å². The molecule has 0 saturated heterocycles. The second-order valence-electron chi connectivity index (χ2n) is 6.37. The van der Waals surface area contributed by atoms with Crippen LogP contribution >= 0.6 is 15.9 Å². The highest BCUT2D eigenvalue weighted by Gasteiger charge is 2.28. The van der Waals surface area contributed by atoms with Gasteiger partial charge < -0.3 is 21.3 Å². The van der Waals surface area contributed by atoms with Gasteiger partial charge in [0.05, 0.1) is 0 Å². The highest BCUT2D eigenvalue weighted by molar-refractivity contribution is 9.10. The van der Waals surface area contributed by atoms with Gasteiger partial charge >= 0.3 is 0 Å². The van der Waals surface area contributed by atoms with E-state index in [9.17, 15) is 9.59 Å². The van der Waals surface area contributed by atoms with Crippen LogP contribution in [0.15, 0.2) is 33.7 Å². The summed E-state index contributed by atoms with van der Waals surface area (Å²) in [4.78, 5) is 28.1. The molecule has 7 nitrogen and oxygen atoms in total. The van der Waals surface area contributed by atoms with Crippen LogP contribution < -0.4 is 21.3 Å². The zero-order valence-electron chi connectivity index (χ0n) is 15.7. The molecular weight excluding hydrogens is 410 g/mol. The summed E-state index contributed by atoms with van der Waals surface area (Å²) in [6.07, 6.45) is 2.78. The average molecular weight is 438 g/mol. The lowest BCUT2D eigenvalue weighted by atomic mass is 10.2. The molecule has 1 aromatic carbocycles. The summed E-state index contributed by atoms with van der Waals surface area (Å²) in [6, 6.07) is 7.30. The maximum atomic E-state index is 12.1. The maximum Gasteiger partial charge on any atom is 0.251 e. The minimum Gasteiger partial charge on any atom is -0.357 e. The second-order valence-corrected chi connectivity index (χ2v) is 7.29. The Balaban J connectivity index is 1.62. The van der Waals surface area contributed by atoms with Crippen LogP contribution in [0, 0.1) is 5.92 Å². The van der Waals surface area contributed by atoms with E-state index >= 15 is 0 Å². The van der Waals surface area contributed by atoms with Crippen LogP contribution in [0.1, 0.15) is 36.5 Å². The minimum absolute atomic E-state index is 0.0864. The van der Waals surface area contributed by atoms with E-state index < -0.39 is 0 Å². The van der Waals surface area contributed by atoms with Gasteiger partial charge in [0.15, 0.2) is 5.96 Å². The normalized spacial score (nSPS) is 13.8. The molecule has 148 valence electrons. The van der Waals surface area contributed by atoms with Crippen molar-refractivity contribution in [3.63, 3.8) is 0 Å². The summed E-state index contributed by atoms with van der Waals surface area (Å²) < 4.78 is 0.884. The SMILES string of the molecule is CCNC(=NCCCNC(=O)c1cccc(Br)c1)NCCNC(=O)C1CC1. The van der Waals surface area contributed by atoms with Gasteiger partial charge in [-0.25, -0.2) is 0 Å². The average Bonchev–Trinajstić information content (AvgIpc) is 3.49. The smallest absolute Gasteiger partial charge is 0.251 e. The number of rotatable bonds is 10. The molecule has 0 bridgehead atoms. The van der Waals surface area contributed by atoms with Crippen molar-refractivity contribution in [2.24, 2.45) is 10.9 Å². The molecule has 0 aliphatic heterocycles. The molecular formula is C19H28BrN5O2. The number of aliphatic imine (C=N–C) groups is 1. The van der Waals surface area contributed by atoms with Gasteiger partial charge in [-0.05, 0) is 44.4 Å². The fourth-order valence-corrected chi connectivity index (χ4v) is 2.80. The predicted octanol–water partition coefficient (Wildman–Crippen LogP) is 1.65. The van der Waals surface area contributed by atoms with Crippen LogP contribution in [0.25, 0.3) is 0 Å². The summed E-state index contributed by atoms with van der Waals surface area (Å²) in [5.41, 5.74) is 0.635. The van der Waals surface area contributed by atoms with Crippen LogP contribution in [0.5, 0.6) is 0 Å². The number of benzene rings is 1. The van der Waals surface area contributed by atoms with Crippen LogP contribution in [0.4, 0.5) is 0 Å². The van der Waals surface area contributed by atoms with Crippen molar-refractivity contribution in [3.8, 4) is 0 Å². The number of guanidine groups is 1. The van der Waals surface area contributed by atoms with Crippen molar-refractivity contribution in [1.82, 2.24) is 21.3 Å². The Kier molecular flexibility index (Phi) is 9.10. The fourth-order valence-electron chi connectivity index (χ4n) is 2.40. The van der Waals surface area contributed by atoms with Crippen molar-refractivity contribution in [1.29, 1.82) is 0 Å². The van der Waals surface area contributed by atoms with Crippen LogP contribution in [0.3, 0.4) is 0 Å². The first kappa shape index (κ1) is 21.2. The van der Waals surface area contributed by atoms with Gasteiger partial charge in [-0.3, -0.25) is 14.6 Å². The molecule has 2 rings (SSSR count). The van der Waals surface area contributed by atoms with Gasteiger partial charge in [0.1, 0.15) is 0 Å². The van der Waals surface area contributed by atoms with Gasteiger partial charge in [0, 0.05) is 48.7 Å². The summed E-state index contributed by atoms with van der Waals surface area (Å²) >= 11 is 3.36. The number of hydrogen-bond acceptors (Lipinski definition) is 3. The number of carbonyl (C=O) groups excluding carboxylic acids is 2. The van der Waals surface area contributed by atoms with E-state index in [1.807, 2.05) is 19.1 Å². The molecule has 27 heavy (non-hydrogen) atoms. The van der Waals surface area contributed by atoms with E-state index in [1.54, 1.807) is 12.1 Å². The van der Waals surface area contributed by atoms with E-state index in [1.165, 1.54) is 0 Å². The Hall–Kier alpha value is -2.09. The molecule has 0 spiro atoms. The first-order valence-corrected chi connectivity index (χ1v) is 10.2. The summed E-state index contributed by atoms with van der Waals surface area (Å²) in [7, 11) is 0. The molecule has 0 radical (unpaired) electrons. The number of carbonyl (C=O) groups is 2. The molecule has 8 heteroatoms. The van der Waals surface area contributed by atoms with E-state index in [2.05, 4.69) is 42.2 Å². The molecule has 1 aliphatic carbocycles. The van der Waals surface area contributed by atoms with Crippen molar-refractivity contribution < 1.29 is 9.59 Å². The van der Waals surface area contributed by atoms with Gasteiger partial charge in [-0.1, -0.05) is 22.0 Å². The van der Waals surface area contributed by atoms with E-state index in [4.69, 9.17) is 0 Å². The zero-order chi connectivity index (χ0) is 19.5. The van der Waals surface area contributed by atoms with Gasteiger partial charge in [0.25, 0.3) is 5.91 Å². The number of nitrogens with zero attached hydrogens (tertiary/aromatic N) is 1. The quantitative estimate of drug-likeness (QED) is 0.254. The third kappa shape index (κ3) is 8.43. The molecule has 0 unspecified atom stereocenters. The zero-order valence-corrected chi connectivity index (χ0v) is 17.3. The minimum atomic E-state index is -0.0864. The van der Waals surface area contributed by atoms with Crippen molar-refractivity contribution in [2.75, 3.05) is 32.7 Å². The lowest BCUT2D eigenvalue weighted by Crippen LogP contribution is -2.41. The summed E-state index contributed by atoms with van der Waals surface area (Å²) in [5, 5.41) is 12.2. The van der Waals surface area contributed by atoms with Crippen molar-refractivity contribution >= 4 is 33.7 Å². The Morgan fingerprint density at radius 3 is 2.59 bits per heavy atom. The number of amides is 2. The molecule has 1 saturated carbocycles. The third-order valence-corrected chi connectivity index (χ3v) is 4.48. The Labute approximate surface area is 168 Å². The van der Waals surface area contributed by atoms with Crippen LogP contribution in [-0.4, -0.2) is 50.5 Å². The van der Waals surface area contributed by atoms with Crippen molar-refractivity contribution in [2.45, 2.75) is 26.2 Å². The molecule has 1 aliphatic rings. The van der Waals surface area contributed by atoms with E-state index in [-0.39, 0.29) is 17.7 Å². The first-order chi connectivity index (χ1) is 13.1. The molecule has 0 atom stereocenters. The lowest BCUT2D eigenvalue weighted by molar-refractivity contribution is -0.122. The molecule has 0 heterocycles. The highest BCUT2D eigenvalue weighted by atomic mass is 79.9. The van der Waals surface area contributed by atoms with Crippen LogP contribution in [-0.2, 0) is 4.79 Å². The van der Waals surface area contributed by atoms with E-state index in [0.717, 1.165) is 36.2 Å². The second kappa shape index (κ2) is 11.6. The molecule has 1 fully saturated rings. The third-order valence-electron chi connectivity index (χ3n) is 3.99. The standard InChI is InChI=1S/C19H28BrN5O2/c1-2-21-19(25-12-11-23-17(26)14-7-8-14)24-10-4-9-22-18(27)15-5-3-6-16(20)13-15/h3,5-6,13-14H,2,4,7-12H2,1H3,(H,22,27)(H,23,26)(H2,21,24,25). The summed E-state index contributed by atoms with van der Waals surface area (Å²) in [6.45, 7) is 5.14. The summed E-state index contributed by atoms with van der Waals surface area (Å²) in [5.74, 6) is 1.02. The Bertz CT molecular complexity index is 661. The maximum absolute atomic E-state index is 12.1. The van der Waals surface area contributed by atoms with Gasteiger partial charge in [-0.15, -0.1) is 0 Å². The molecule has 4 N–H and O–H groups in total. The van der Waals surface area contributed by atoms with Crippen molar-refractivity contribution in [3.05, 3.63) is 34.3 Å². The number of hydrogen-bond donors (Lipinski definition) is 4. The predicted molar refractivity (Wildman–Crippen MR) is 111 cm³/mol. The largest absolute Gasteiger partial charge is 0.357 e. The monoisotopic (exact) mass is 437 g/mol. The van der Waals surface area contributed by atoms with Gasteiger partial charge in [0.2, 0.25) is 5.91 Å².